The molecule has 0 radical (unpaired) electrons. The molecule has 1 saturated heterocycles. The Bertz CT molecular complexity index is 645. The van der Waals surface area contributed by atoms with E-state index in [0.29, 0.717) is 5.89 Å². The van der Waals surface area contributed by atoms with Crippen LogP contribution in [0, 0.1) is 5.92 Å². The fraction of sp³-hybridized carbons (Fsp3) is 0.500. The van der Waals surface area contributed by atoms with Crippen molar-refractivity contribution in [2.24, 2.45) is 5.92 Å². The van der Waals surface area contributed by atoms with E-state index in [9.17, 15) is 4.79 Å². The van der Waals surface area contributed by atoms with Crippen molar-refractivity contribution in [3.05, 3.63) is 47.6 Å². The molecule has 1 fully saturated rings. The van der Waals surface area contributed by atoms with E-state index in [1.807, 2.05) is 37.3 Å². The topological polar surface area (TPSA) is 59.2 Å². The zero-order chi connectivity index (χ0) is 16.2. The highest BCUT2D eigenvalue weighted by atomic mass is 16.5. The smallest absolute Gasteiger partial charge is 0.243 e. The van der Waals surface area contributed by atoms with Crippen LogP contribution in [0.2, 0.25) is 0 Å². The standard InChI is InChI=1S/C18H23N3O2/c1-3-16-19-18(23-20-16)13(2)21-11-9-15(10-12-21)17(22)14-7-5-4-6-8-14/h4-8,13,15H,3,9-12H2,1-2H3. The van der Waals surface area contributed by atoms with Gasteiger partial charge in [-0.2, -0.15) is 4.98 Å². The van der Waals surface area contributed by atoms with Crippen molar-refractivity contribution in [3.63, 3.8) is 0 Å². The summed E-state index contributed by atoms with van der Waals surface area (Å²) in [4.78, 5) is 19.3. The van der Waals surface area contributed by atoms with Crippen LogP contribution in [0.25, 0.3) is 0 Å². The highest BCUT2D eigenvalue weighted by Gasteiger charge is 2.30. The number of ketones is 1. The molecule has 1 aromatic heterocycles. The van der Waals surface area contributed by atoms with Crippen LogP contribution in [0.3, 0.4) is 0 Å². The molecule has 0 spiro atoms. The number of likely N-dealkylation sites (tertiary alicyclic amines) is 1. The lowest BCUT2D eigenvalue weighted by Crippen LogP contribution is -2.38. The van der Waals surface area contributed by atoms with E-state index in [-0.39, 0.29) is 17.7 Å². The summed E-state index contributed by atoms with van der Waals surface area (Å²) >= 11 is 0. The molecule has 1 aliphatic heterocycles. The van der Waals surface area contributed by atoms with Gasteiger partial charge in [0.25, 0.3) is 0 Å². The fourth-order valence-electron chi connectivity index (χ4n) is 3.12. The average Bonchev–Trinajstić information content (AvgIpc) is 3.10. The minimum absolute atomic E-state index is 0.107. The van der Waals surface area contributed by atoms with Gasteiger partial charge in [0, 0.05) is 17.9 Å². The van der Waals surface area contributed by atoms with E-state index in [2.05, 4.69) is 22.0 Å². The molecule has 1 aromatic carbocycles. The first kappa shape index (κ1) is 15.9. The molecule has 2 aromatic rings. The van der Waals surface area contributed by atoms with Gasteiger partial charge >= 0.3 is 0 Å². The van der Waals surface area contributed by atoms with Gasteiger partial charge in [0.05, 0.1) is 6.04 Å². The third-order valence-corrected chi connectivity index (χ3v) is 4.66. The van der Waals surface area contributed by atoms with Crippen molar-refractivity contribution >= 4 is 5.78 Å². The van der Waals surface area contributed by atoms with Crippen molar-refractivity contribution in [2.45, 2.75) is 39.2 Å². The Morgan fingerprint density at radius 3 is 2.61 bits per heavy atom. The van der Waals surface area contributed by atoms with Gasteiger partial charge in [-0.1, -0.05) is 42.4 Å². The summed E-state index contributed by atoms with van der Waals surface area (Å²) in [6, 6.07) is 9.70. The number of hydrogen-bond donors (Lipinski definition) is 0. The number of rotatable bonds is 5. The molecule has 1 unspecified atom stereocenters. The highest BCUT2D eigenvalue weighted by molar-refractivity contribution is 5.97. The maximum absolute atomic E-state index is 12.5. The molecule has 5 heteroatoms. The van der Waals surface area contributed by atoms with Crippen LogP contribution in [-0.4, -0.2) is 33.9 Å². The summed E-state index contributed by atoms with van der Waals surface area (Å²) in [5, 5.41) is 3.97. The van der Waals surface area contributed by atoms with Gasteiger partial charge in [0.1, 0.15) is 0 Å². The maximum Gasteiger partial charge on any atom is 0.243 e. The van der Waals surface area contributed by atoms with Crippen LogP contribution in [0.5, 0.6) is 0 Å². The Morgan fingerprint density at radius 1 is 1.30 bits per heavy atom. The van der Waals surface area contributed by atoms with Crippen LogP contribution in [-0.2, 0) is 6.42 Å². The largest absolute Gasteiger partial charge is 0.338 e. The average molecular weight is 313 g/mol. The van der Waals surface area contributed by atoms with Crippen LogP contribution < -0.4 is 0 Å². The molecule has 1 atom stereocenters. The molecule has 0 amide bonds. The van der Waals surface area contributed by atoms with Crippen molar-refractivity contribution in [2.75, 3.05) is 13.1 Å². The number of carbonyl (C=O) groups is 1. The summed E-state index contributed by atoms with van der Waals surface area (Å²) in [6.07, 6.45) is 2.55. The van der Waals surface area contributed by atoms with Crippen molar-refractivity contribution in [1.82, 2.24) is 15.0 Å². The van der Waals surface area contributed by atoms with Gasteiger partial charge < -0.3 is 4.52 Å². The maximum atomic E-state index is 12.5. The van der Waals surface area contributed by atoms with Gasteiger partial charge in [0.2, 0.25) is 5.89 Å². The number of hydrogen-bond acceptors (Lipinski definition) is 5. The fourth-order valence-corrected chi connectivity index (χ4v) is 3.12. The van der Waals surface area contributed by atoms with Crippen molar-refractivity contribution in [3.8, 4) is 0 Å². The zero-order valence-electron chi connectivity index (χ0n) is 13.7. The Morgan fingerprint density at radius 2 is 2.00 bits per heavy atom. The van der Waals surface area contributed by atoms with Crippen LogP contribution in [0.4, 0.5) is 0 Å². The number of piperidine rings is 1. The highest BCUT2D eigenvalue weighted by Crippen LogP contribution is 2.27. The Balaban J connectivity index is 1.58. The molecule has 0 N–H and O–H groups in total. The van der Waals surface area contributed by atoms with Crippen molar-refractivity contribution < 1.29 is 9.32 Å². The number of nitrogens with zero attached hydrogens (tertiary/aromatic N) is 3. The normalized spacial score (nSPS) is 18.0. The Labute approximate surface area is 136 Å². The summed E-state index contributed by atoms with van der Waals surface area (Å²) in [7, 11) is 0. The van der Waals surface area contributed by atoms with E-state index in [0.717, 1.165) is 43.7 Å². The third-order valence-electron chi connectivity index (χ3n) is 4.66. The monoisotopic (exact) mass is 313 g/mol. The lowest BCUT2D eigenvalue weighted by molar-refractivity contribution is 0.0774. The molecular weight excluding hydrogens is 290 g/mol. The van der Waals surface area contributed by atoms with E-state index in [4.69, 9.17) is 4.52 Å². The molecule has 3 rings (SSSR count). The first-order valence-corrected chi connectivity index (χ1v) is 8.34. The van der Waals surface area contributed by atoms with E-state index in [1.54, 1.807) is 0 Å². The predicted molar refractivity (Wildman–Crippen MR) is 87.2 cm³/mol. The van der Waals surface area contributed by atoms with E-state index in [1.165, 1.54) is 0 Å². The predicted octanol–water partition coefficient (Wildman–Crippen LogP) is 3.29. The summed E-state index contributed by atoms with van der Waals surface area (Å²) in [6.45, 7) is 5.87. The minimum Gasteiger partial charge on any atom is -0.338 e. The summed E-state index contributed by atoms with van der Waals surface area (Å²) in [5.41, 5.74) is 0.823. The number of aromatic nitrogens is 2. The van der Waals surface area contributed by atoms with E-state index >= 15 is 0 Å². The molecule has 2 heterocycles. The molecule has 1 aliphatic rings. The lowest BCUT2D eigenvalue weighted by atomic mass is 9.88. The van der Waals surface area contributed by atoms with Crippen LogP contribution in [0.1, 0.15) is 54.8 Å². The minimum atomic E-state index is 0.107. The summed E-state index contributed by atoms with van der Waals surface area (Å²) in [5.74, 6) is 1.81. The Kier molecular flexibility index (Phi) is 4.86. The molecular formula is C18H23N3O2. The third kappa shape index (κ3) is 3.50. The molecule has 0 bridgehead atoms. The SMILES string of the molecule is CCc1noc(C(C)N2CCC(C(=O)c3ccccc3)CC2)n1. The Hall–Kier alpha value is -2.01. The first-order valence-electron chi connectivity index (χ1n) is 8.34. The second-order valence-electron chi connectivity index (χ2n) is 6.12. The number of carbonyl (C=O) groups excluding carboxylic acids is 1. The number of aryl methyl sites for hydroxylation is 1. The van der Waals surface area contributed by atoms with Gasteiger partial charge in [-0.25, -0.2) is 0 Å². The van der Waals surface area contributed by atoms with Crippen molar-refractivity contribution in [1.29, 1.82) is 0 Å². The van der Waals surface area contributed by atoms with E-state index < -0.39 is 0 Å². The second-order valence-corrected chi connectivity index (χ2v) is 6.12. The van der Waals surface area contributed by atoms with Gasteiger partial charge in [-0.15, -0.1) is 0 Å². The van der Waals surface area contributed by atoms with Gasteiger partial charge in [0.15, 0.2) is 11.6 Å². The number of Topliss-reactive ketones (excluding diaryl/α,β-unsaturated/α-hetero) is 1. The van der Waals surface area contributed by atoms with Crippen LogP contribution in [0.15, 0.2) is 34.9 Å². The van der Waals surface area contributed by atoms with Gasteiger partial charge in [-0.05, 0) is 32.9 Å². The summed E-state index contributed by atoms with van der Waals surface area (Å²) < 4.78 is 5.34. The second kappa shape index (κ2) is 7.04. The molecule has 122 valence electrons. The quantitative estimate of drug-likeness (QED) is 0.793. The molecule has 5 nitrogen and oxygen atoms in total. The lowest BCUT2D eigenvalue weighted by Gasteiger charge is -2.33. The number of benzene rings is 1. The molecule has 23 heavy (non-hydrogen) atoms. The van der Waals surface area contributed by atoms with Gasteiger partial charge in [-0.3, -0.25) is 9.69 Å². The van der Waals surface area contributed by atoms with Crippen LogP contribution >= 0.6 is 0 Å². The molecule has 0 saturated carbocycles. The zero-order valence-corrected chi connectivity index (χ0v) is 13.7. The molecule has 0 aliphatic carbocycles. The first-order chi connectivity index (χ1) is 11.2.